The molecule has 46 heavy (non-hydrogen) atoms. The Morgan fingerprint density at radius 2 is 1.74 bits per heavy atom. The number of nitrogens with zero attached hydrogens (tertiary/aromatic N) is 5. The number of hydrogen-bond donors (Lipinski definition) is 1. The Bertz CT molecular complexity index is 1640. The SMILES string of the molecule is COc1cc(C)ccc1N(C(=O)Oc1c(C)cccc1C)c1ccnc(Nc2ccc(OCCCN3CCN(C)CC3)c(F)c2)n1. The number of benzene rings is 3. The number of carbonyl (C=O) groups excluding carboxylic acids is 1. The lowest BCUT2D eigenvalue weighted by Gasteiger charge is -2.32. The van der Waals surface area contributed by atoms with Crippen molar-refractivity contribution < 1.29 is 23.4 Å². The van der Waals surface area contributed by atoms with Gasteiger partial charge in [-0.2, -0.15) is 4.98 Å². The summed E-state index contributed by atoms with van der Waals surface area (Å²) in [6, 6.07) is 17.3. The van der Waals surface area contributed by atoms with Crippen LogP contribution in [0.4, 0.5) is 32.3 Å². The first-order valence-electron chi connectivity index (χ1n) is 15.4. The zero-order chi connectivity index (χ0) is 32.6. The van der Waals surface area contributed by atoms with E-state index in [0.717, 1.165) is 55.8 Å². The van der Waals surface area contributed by atoms with Crippen LogP contribution < -0.4 is 24.4 Å². The van der Waals surface area contributed by atoms with Gasteiger partial charge in [0.1, 0.15) is 17.3 Å². The molecule has 0 unspecified atom stereocenters. The summed E-state index contributed by atoms with van der Waals surface area (Å²) in [6.07, 6.45) is 1.65. The molecule has 0 spiro atoms. The molecule has 1 saturated heterocycles. The molecule has 1 fully saturated rings. The van der Waals surface area contributed by atoms with Crippen LogP contribution in [-0.4, -0.2) is 79.3 Å². The van der Waals surface area contributed by atoms with Gasteiger partial charge in [-0.05, 0) is 75.2 Å². The quantitative estimate of drug-likeness (QED) is 0.183. The second kappa shape index (κ2) is 15.0. The zero-order valence-corrected chi connectivity index (χ0v) is 27.0. The van der Waals surface area contributed by atoms with E-state index in [1.54, 1.807) is 24.3 Å². The second-order valence-corrected chi connectivity index (χ2v) is 11.5. The van der Waals surface area contributed by atoms with Gasteiger partial charge in [-0.1, -0.05) is 24.3 Å². The van der Waals surface area contributed by atoms with E-state index in [0.29, 0.717) is 29.5 Å². The number of aryl methyl sites for hydroxylation is 3. The number of para-hydroxylation sites is 1. The minimum atomic E-state index is -0.677. The summed E-state index contributed by atoms with van der Waals surface area (Å²) in [5, 5.41) is 3.04. The highest BCUT2D eigenvalue weighted by Gasteiger charge is 2.26. The number of ether oxygens (including phenoxy) is 3. The average molecular weight is 629 g/mol. The van der Waals surface area contributed by atoms with Gasteiger partial charge in [0.2, 0.25) is 5.95 Å². The molecule has 1 aliphatic rings. The van der Waals surface area contributed by atoms with Gasteiger partial charge in [0.15, 0.2) is 11.6 Å². The molecule has 1 aliphatic heterocycles. The van der Waals surface area contributed by atoms with Crippen LogP contribution in [0.25, 0.3) is 0 Å². The lowest BCUT2D eigenvalue weighted by molar-refractivity contribution is 0.145. The highest BCUT2D eigenvalue weighted by molar-refractivity contribution is 5.98. The number of piperazine rings is 1. The lowest BCUT2D eigenvalue weighted by atomic mass is 10.1. The molecule has 1 N–H and O–H groups in total. The van der Waals surface area contributed by atoms with Crippen molar-refractivity contribution in [2.45, 2.75) is 27.2 Å². The smallest absolute Gasteiger partial charge is 0.425 e. The number of rotatable bonds is 11. The van der Waals surface area contributed by atoms with Crippen molar-refractivity contribution in [2.24, 2.45) is 0 Å². The third-order valence-corrected chi connectivity index (χ3v) is 7.89. The topological polar surface area (TPSA) is 92.3 Å². The van der Waals surface area contributed by atoms with E-state index in [9.17, 15) is 9.18 Å². The Hall–Kier alpha value is -4.74. The first-order valence-corrected chi connectivity index (χ1v) is 15.4. The second-order valence-electron chi connectivity index (χ2n) is 11.5. The van der Waals surface area contributed by atoms with Gasteiger partial charge in [0.25, 0.3) is 0 Å². The van der Waals surface area contributed by atoms with E-state index in [4.69, 9.17) is 14.2 Å². The molecule has 0 radical (unpaired) electrons. The molecule has 4 aromatic rings. The van der Waals surface area contributed by atoms with Crippen molar-refractivity contribution in [2.75, 3.05) is 63.7 Å². The number of hydrogen-bond acceptors (Lipinski definition) is 9. The molecule has 3 aromatic carbocycles. The number of halogens is 1. The maximum Gasteiger partial charge on any atom is 0.425 e. The van der Waals surface area contributed by atoms with Crippen LogP contribution in [0.1, 0.15) is 23.1 Å². The largest absolute Gasteiger partial charge is 0.495 e. The van der Waals surface area contributed by atoms with Gasteiger partial charge in [-0.3, -0.25) is 0 Å². The number of likely N-dealkylation sites (N-methyl/N-ethyl adjacent to an activating group) is 1. The van der Waals surface area contributed by atoms with Crippen LogP contribution in [0.5, 0.6) is 17.2 Å². The summed E-state index contributed by atoms with van der Waals surface area (Å²) < 4.78 is 32.3. The Morgan fingerprint density at radius 3 is 2.46 bits per heavy atom. The number of anilines is 4. The van der Waals surface area contributed by atoms with Crippen LogP contribution >= 0.6 is 0 Å². The highest BCUT2D eigenvalue weighted by atomic mass is 19.1. The fourth-order valence-corrected chi connectivity index (χ4v) is 5.28. The third-order valence-electron chi connectivity index (χ3n) is 7.89. The van der Waals surface area contributed by atoms with E-state index in [1.165, 1.54) is 24.3 Å². The van der Waals surface area contributed by atoms with Crippen LogP contribution in [0.15, 0.2) is 66.9 Å². The van der Waals surface area contributed by atoms with E-state index in [2.05, 4.69) is 32.1 Å². The van der Waals surface area contributed by atoms with Crippen LogP contribution in [-0.2, 0) is 0 Å². The predicted octanol–water partition coefficient (Wildman–Crippen LogP) is 6.65. The number of aromatic nitrogens is 2. The van der Waals surface area contributed by atoms with Crippen molar-refractivity contribution in [1.29, 1.82) is 0 Å². The summed E-state index contributed by atoms with van der Waals surface area (Å²) in [7, 11) is 3.67. The van der Waals surface area contributed by atoms with E-state index >= 15 is 0 Å². The number of carbonyl (C=O) groups is 1. The van der Waals surface area contributed by atoms with Crippen molar-refractivity contribution in [1.82, 2.24) is 19.8 Å². The molecule has 10 nitrogen and oxygen atoms in total. The maximum atomic E-state index is 15.0. The Labute approximate surface area is 269 Å². The van der Waals surface area contributed by atoms with Crippen molar-refractivity contribution in [3.05, 3.63) is 89.4 Å². The monoisotopic (exact) mass is 628 g/mol. The Balaban J connectivity index is 1.32. The van der Waals surface area contributed by atoms with Gasteiger partial charge in [-0.25, -0.2) is 19.1 Å². The first kappa shape index (κ1) is 32.6. The fourth-order valence-electron chi connectivity index (χ4n) is 5.28. The van der Waals surface area contributed by atoms with Gasteiger partial charge in [0, 0.05) is 56.7 Å². The molecule has 0 bridgehead atoms. The maximum absolute atomic E-state index is 15.0. The summed E-state index contributed by atoms with van der Waals surface area (Å²) >= 11 is 0. The van der Waals surface area contributed by atoms with E-state index < -0.39 is 11.9 Å². The van der Waals surface area contributed by atoms with Crippen molar-refractivity contribution in [3.63, 3.8) is 0 Å². The molecule has 0 saturated carbocycles. The molecule has 1 aromatic heterocycles. The van der Waals surface area contributed by atoms with Crippen LogP contribution in [0, 0.1) is 26.6 Å². The Kier molecular flexibility index (Phi) is 10.7. The van der Waals surface area contributed by atoms with Crippen molar-refractivity contribution in [3.8, 4) is 17.2 Å². The normalized spacial score (nSPS) is 13.7. The Morgan fingerprint density at radius 1 is 0.978 bits per heavy atom. The van der Waals surface area contributed by atoms with Crippen LogP contribution in [0.3, 0.4) is 0 Å². The molecular formula is C35H41FN6O4. The summed E-state index contributed by atoms with van der Waals surface area (Å²) in [5.41, 5.74) is 3.46. The minimum Gasteiger partial charge on any atom is -0.495 e. The predicted molar refractivity (Wildman–Crippen MR) is 178 cm³/mol. The molecule has 242 valence electrons. The third kappa shape index (κ3) is 8.09. The lowest BCUT2D eigenvalue weighted by Crippen LogP contribution is -2.44. The van der Waals surface area contributed by atoms with Gasteiger partial charge >= 0.3 is 6.09 Å². The number of methoxy groups -OCH3 is 1. The summed E-state index contributed by atoms with van der Waals surface area (Å²) in [6.45, 7) is 11.2. The van der Waals surface area contributed by atoms with Gasteiger partial charge in [-0.15, -0.1) is 0 Å². The number of nitrogens with one attached hydrogen (secondary N) is 1. The van der Waals surface area contributed by atoms with E-state index in [-0.39, 0.29) is 17.5 Å². The standard InChI is InChI=1S/C35H41FN6O4/c1-24-10-12-29(31(22-24)44-5)42(35(43)46-33-25(2)8-6-9-26(33)3)32-14-15-37-34(39-32)38-27-11-13-30(28(36)23-27)45-21-7-16-41-19-17-40(4)18-20-41/h6,8-15,22-23H,7,16-21H2,1-5H3,(H,37,38,39). The van der Waals surface area contributed by atoms with Gasteiger partial charge in [0.05, 0.1) is 19.4 Å². The molecule has 5 rings (SSSR count). The van der Waals surface area contributed by atoms with Crippen molar-refractivity contribution >= 4 is 29.2 Å². The van der Waals surface area contributed by atoms with Crippen LogP contribution in [0.2, 0.25) is 0 Å². The molecule has 11 heteroatoms. The first-order chi connectivity index (χ1) is 22.2. The summed E-state index contributed by atoms with van der Waals surface area (Å²) in [5.74, 6) is 1.01. The molecule has 0 atom stereocenters. The average Bonchev–Trinajstić information content (AvgIpc) is 3.04. The fraction of sp³-hybridized carbons (Fsp3) is 0.343. The minimum absolute atomic E-state index is 0.161. The highest BCUT2D eigenvalue weighted by Crippen LogP contribution is 2.36. The van der Waals surface area contributed by atoms with Gasteiger partial charge < -0.3 is 29.3 Å². The number of amides is 1. The molecular weight excluding hydrogens is 587 g/mol. The zero-order valence-electron chi connectivity index (χ0n) is 27.0. The molecule has 0 aliphatic carbocycles. The van der Waals surface area contributed by atoms with E-state index in [1.807, 2.05) is 51.1 Å². The molecule has 1 amide bonds. The summed E-state index contributed by atoms with van der Waals surface area (Å²) in [4.78, 5) is 28.8. The molecule has 2 heterocycles.